The number of benzene rings is 2. The molecule has 2 heterocycles. The Morgan fingerprint density at radius 3 is 2.81 bits per heavy atom. The van der Waals surface area contributed by atoms with Gasteiger partial charge in [0, 0.05) is 36.4 Å². The van der Waals surface area contributed by atoms with Gasteiger partial charge in [-0.2, -0.15) is 0 Å². The quantitative estimate of drug-likeness (QED) is 0.576. The highest BCUT2D eigenvalue weighted by molar-refractivity contribution is 7.10. The van der Waals surface area contributed by atoms with Gasteiger partial charge in [-0.25, -0.2) is 4.39 Å². The van der Waals surface area contributed by atoms with Gasteiger partial charge in [0.2, 0.25) is 11.8 Å². The van der Waals surface area contributed by atoms with Crippen molar-refractivity contribution in [3.05, 3.63) is 87.4 Å². The summed E-state index contributed by atoms with van der Waals surface area (Å²) in [4.78, 5) is 28.5. The van der Waals surface area contributed by atoms with Crippen LogP contribution in [0, 0.1) is 5.82 Å². The molecule has 2 aromatic carbocycles. The molecule has 0 saturated heterocycles. The average molecular weight is 453 g/mol. The number of nitrogens with one attached hydrogen (secondary N) is 1. The maximum Gasteiger partial charge on any atom is 0.223 e. The Morgan fingerprint density at radius 1 is 1.16 bits per heavy atom. The second kappa shape index (κ2) is 9.96. The van der Waals surface area contributed by atoms with Gasteiger partial charge in [-0.05, 0) is 47.2 Å². The van der Waals surface area contributed by atoms with Crippen molar-refractivity contribution in [2.24, 2.45) is 0 Å². The molecule has 0 bridgehead atoms. The molecule has 0 spiro atoms. The van der Waals surface area contributed by atoms with Gasteiger partial charge in [-0.1, -0.05) is 30.3 Å². The van der Waals surface area contributed by atoms with Gasteiger partial charge in [0.05, 0.1) is 13.2 Å². The molecule has 1 atom stereocenters. The highest BCUT2D eigenvalue weighted by Crippen LogP contribution is 2.38. The fourth-order valence-electron chi connectivity index (χ4n) is 4.12. The zero-order valence-electron chi connectivity index (χ0n) is 17.8. The Balaban J connectivity index is 1.41. The molecule has 1 unspecified atom stereocenters. The van der Waals surface area contributed by atoms with Crippen LogP contribution in [0.2, 0.25) is 0 Å². The van der Waals surface area contributed by atoms with E-state index >= 15 is 0 Å². The molecule has 1 aromatic heterocycles. The van der Waals surface area contributed by atoms with E-state index in [0.717, 1.165) is 23.1 Å². The number of fused-ring (bicyclic) bond motifs is 1. The smallest absolute Gasteiger partial charge is 0.223 e. The van der Waals surface area contributed by atoms with Crippen LogP contribution in [0.15, 0.2) is 60.0 Å². The topological polar surface area (TPSA) is 58.6 Å². The molecular weight excluding hydrogens is 427 g/mol. The summed E-state index contributed by atoms with van der Waals surface area (Å²) in [5, 5.41) is 4.87. The number of hydrogen-bond donors (Lipinski definition) is 1. The van der Waals surface area contributed by atoms with Crippen LogP contribution in [0.4, 0.5) is 4.39 Å². The van der Waals surface area contributed by atoms with Crippen LogP contribution < -0.4 is 10.1 Å². The second-order valence-corrected chi connectivity index (χ2v) is 8.68. The molecule has 1 aliphatic heterocycles. The monoisotopic (exact) mass is 452 g/mol. The zero-order chi connectivity index (χ0) is 22.5. The van der Waals surface area contributed by atoms with Gasteiger partial charge in [0.1, 0.15) is 11.6 Å². The van der Waals surface area contributed by atoms with Crippen LogP contribution >= 0.6 is 11.3 Å². The number of carbonyl (C=O) groups is 2. The number of halogens is 1. The summed E-state index contributed by atoms with van der Waals surface area (Å²) in [5.41, 5.74) is 2.67. The molecule has 2 amide bonds. The lowest BCUT2D eigenvalue weighted by Gasteiger charge is -2.36. The minimum Gasteiger partial charge on any atom is -0.496 e. The first-order valence-electron chi connectivity index (χ1n) is 10.6. The van der Waals surface area contributed by atoms with Crippen molar-refractivity contribution in [1.29, 1.82) is 0 Å². The molecule has 0 saturated carbocycles. The van der Waals surface area contributed by atoms with Gasteiger partial charge in [0.15, 0.2) is 0 Å². The van der Waals surface area contributed by atoms with E-state index in [9.17, 15) is 14.0 Å². The van der Waals surface area contributed by atoms with Crippen LogP contribution in [0.3, 0.4) is 0 Å². The van der Waals surface area contributed by atoms with Crippen molar-refractivity contribution in [2.75, 3.05) is 13.7 Å². The van der Waals surface area contributed by atoms with E-state index < -0.39 is 0 Å². The Kier molecular flexibility index (Phi) is 6.85. The summed E-state index contributed by atoms with van der Waals surface area (Å²) in [6.45, 7) is 0.890. The molecule has 1 aliphatic rings. The fraction of sp³-hybridized carbons (Fsp3) is 0.280. The van der Waals surface area contributed by atoms with Gasteiger partial charge in [-0.3, -0.25) is 9.59 Å². The van der Waals surface area contributed by atoms with Gasteiger partial charge >= 0.3 is 0 Å². The number of nitrogens with zero attached hydrogens (tertiary/aromatic N) is 1. The third-order valence-corrected chi connectivity index (χ3v) is 6.68. The predicted octanol–water partition coefficient (Wildman–Crippen LogP) is 4.47. The molecule has 7 heteroatoms. The zero-order valence-corrected chi connectivity index (χ0v) is 18.7. The van der Waals surface area contributed by atoms with Crippen molar-refractivity contribution >= 4 is 23.2 Å². The second-order valence-electron chi connectivity index (χ2n) is 7.68. The lowest BCUT2D eigenvalue weighted by Crippen LogP contribution is -2.40. The molecule has 3 aromatic rings. The van der Waals surface area contributed by atoms with E-state index in [-0.39, 0.29) is 36.5 Å². The number of amides is 2. The predicted molar refractivity (Wildman–Crippen MR) is 122 cm³/mol. The molecule has 166 valence electrons. The lowest BCUT2D eigenvalue weighted by molar-refractivity contribution is -0.135. The number of methoxy groups -OCH3 is 1. The maximum atomic E-state index is 13.9. The Morgan fingerprint density at radius 2 is 2.00 bits per heavy atom. The Labute approximate surface area is 190 Å². The summed E-state index contributed by atoms with van der Waals surface area (Å²) in [6, 6.07) is 15.6. The first-order chi connectivity index (χ1) is 15.6. The summed E-state index contributed by atoms with van der Waals surface area (Å²) < 4.78 is 19.2. The van der Waals surface area contributed by atoms with Crippen molar-refractivity contribution < 1.29 is 18.7 Å². The van der Waals surface area contributed by atoms with Gasteiger partial charge < -0.3 is 15.0 Å². The van der Waals surface area contributed by atoms with Crippen molar-refractivity contribution in [3.63, 3.8) is 0 Å². The molecule has 1 N–H and O–H groups in total. The van der Waals surface area contributed by atoms with E-state index in [1.807, 2.05) is 41.8 Å². The maximum absolute atomic E-state index is 13.9. The summed E-state index contributed by atoms with van der Waals surface area (Å²) in [6.07, 6.45) is 0.963. The third-order valence-electron chi connectivity index (χ3n) is 5.69. The van der Waals surface area contributed by atoms with Crippen LogP contribution in [0.1, 0.15) is 40.5 Å². The van der Waals surface area contributed by atoms with Gasteiger partial charge in [-0.15, -0.1) is 11.3 Å². The molecule has 32 heavy (non-hydrogen) atoms. The minimum atomic E-state index is -0.329. The van der Waals surface area contributed by atoms with E-state index in [2.05, 4.69) is 5.32 Å². The SMILES string of the molecule is COc1ccccc1CNC(=O)CCC(=O)N1CCc2sccc2C1c1cccc(F)c1. The highest BCUT2D eigenvalue weighted by atomic mass is 32.1. The summed E-state index contributed by atoms with van der Waals surface area (Å²) in [7, 11) is 1.59. The van der Waals surface area contributed by atoms with Crippen molar-refractivity contribution in [3.8, 4) is 5.75 Å². The van der Waals surface area contributed by atoms with E-state index in [1.165, 1.54) is 17.0 Å². The molecule has 0 aliphatic carbocycles. The third kappa shape index (κ3) is 4.83. The fourth-order valence-corrected chi connectivity index (χ4v) is 5.02. The van der Waals surface area contributed by atoms with Crippen molar-refractivity contribution in [1.82, 2.24) is 10.2 Å². The number of hydrogen-bond acceptors (Lipinski definition) is 4. The Bertz CT molecular complexity index is 1110. The van der Waals surface area contributed by atoms with Gasteiger partial charge in [0.25, 0.3) is 0 Å². The summed E-state index contributed by atoms with van der Waals surface area (Å²) >= 11 is 1.66. The van der Waals surface area contributed by atoms with E-state index in [1.54, 1.807) is 29.4 Å². The molecule has 0 radical (unpaired) electrons. The number of para-hydroxylation sites is 1. The molecule has 5 nitrogen and oxygen atoms in total. The highest BCUT2D eigenvalue weighted by Gasteiger charge is 2.32. The summed E-state index contributed by atoms with van der Waals surface area (Å²) in [5.74, 6) is 0.0815. The van der Waals surface area contributed by atoms with Crippen LogP contribution in [0.25, 0.3) is 0 Å². The van der Waals surface area contributed by atoms with E-state index in [0.29, 0.717) is 18.8 Å². The standard InChI is InChI=1S/C25H25FN2O3S/c1-31-21-8-3-2-5-18(21)16-27-23(29)9-10-24(30)28-13-11-22-20(12-14-32-22)25(28)17-6-4-7-19(26)15-17/h2-8,12,14-15,25H,9-11,13,16H2,1H3,(H,27,29). The largest absolute Gasteiger partial charge is 0.496 e. The first kappa shape index (κ1) is 22.0. The van der Waals surface area contributed by atoms with Crippen LogP contribution in [-0.2, 0) is 22.6 Å². The number of thiophene rings is 1. The molecule has 0 fully saturated rings. The number of ether oxygens (including phenoxy) is 1. The number of rotatable bonds is 7. The van der Waals surface area contributed by atoms with E-state index in [4.69, 9.17) is 4.74 Å². The average Bonchev–Trinajstić information content (AvgIpc) is 3.29. The van der Waals surface area contributed by atoms with Crippen molar-refractivity contribution in [2.45, 2.75) is 31.8 Å². The first-order valence-corrected chi connectivity index (χ1v) is 11.4. The van der Waals surface area contributed by atoms with Crippen LogP contribution in [0.5, 0.6) is 5.75 Å². The number of carbonyl (C=O) groups excluding carboxylic acids is 2. The lowest BCUT2D eigenvalue weighted by atomic mass is 9.92. The molecule has 4 rings (SSSR count). The Hall–Kier alpha value is -3.19. The molecular formula is C25H25FN2O3S. The normalized spacial score (nSPS) is 15.2. The van der Waals surface area contributed by atoms with Crippen LogP contribution in [-0.4, -0.2) is 30.4 Å². The minimum absolute atomic E-state index is 0.0941.